The van der Waals surface area contributed by atoms with Crippen LogP contribution in [0, 0.1) is 0 Å². The number of benzene rings is 6. The maximum absolute atomic E-state index is 6.25. The number of rotatable bonds is 2. The van der Waals surface area contributed by atoms with Crippen LogP contribution in [-0.2, 0) is 0 Å². The molecule has 0 aliphatic heterocycles. The third-order valence-electron chi connectivity index (χ3n) is 8.01. The summed E-state index contributed by atoms with van der Waals surface area (Å²) < 4.78 is 11.3. The van der Waals surface area contributed by atoms with Gasteiger partial charge < -0.3 is 8.98 Å². The fourth-order valence-corrected chi connectivity index (χ4v) is 7.49. The molecule has 3 heterocycles. The van der Waals surface area contributed by atoms with Crippen molar-refractivity contribution in [1.82, 2.24) is 4.57 Å². The van der Waals surface area contributed by atoms with Crippen LogP contribution in [0.2, 0.25) is 0 Å². The SMILES string of the molecule is c1ccc2c(c1)oc1cc(-n3c4ccccc4c4cc(-c5cccc6c5sc5ccccc56)ccc43)ccc12. The van der Waals surface area contributed by atoms with Crippen molar-refractivity contribution in [1.29, 1.82) is 0 Å². The first-order valence-corrected chi connectivity index (χ1v) is 14.0. The Labute approximate surface area is 227 Å². The van der Waals surface area contributed by atoms with E-state index in [1.54, 1.807) is 0 Å². The molecule has 0 spiro atoms. The largest absolute Gasteiger partial charge is 0.456 e. The minimum atomic E-state index is 0.910. The Kier molecular flexibility index (Phi) is 4.24. The van der Waals surface area contributed by atoms with Crippen molar-refractivity contribution in [3.63, 3.8) is 0 Å². The zero-order valence-electron chi connectivity index (χ0n) is 20.9. The van der Waals surface area contributed by atoms with Crippen LogP contribution in [0.3, 0.4) is 0 Å². The fraction of sp³-hybridized carbons (Fsp3) is 0. The number of thiophene rings is 1. The molecule has 0 aliphatic rings. The number of fused-ring (bicyclic) bond motifs is 9. The summed E-state index contributed by atoms with van der Waals surface area (Å²) in [6, 6.07) is 45.8. The summed E-state index contributed by atoms with van der Waals surface area (Å²) in [5, 5.41) is 7.47. The standard InChI is InChI=1S/C36H21NOS/c1-4-13-31-25(8-1)30-20-22(24-11-7-12-29-28-10-3-6-15-35(28)39-36(24)29)16-19-32(30)37(31)23-17-18-27-26-9-2-5-14-33(26)38-34(27)21-23/h1-21H. The van der Waals surface area contributed by atoms with E-state index in [1.165, 1.54) is 53.1 Å². The second kappa shape index (κ2) is 7.83. The lowest BCUT2D eigenvalue weighted by Gasteiger charge is -2.09. The molecule has 0 unspecified atom stereocenters. The summed E-state index contributed by atoms with van der Waals surface area (Å²) in [5.74, 6) is 0. The highest BCUT2D eigenvalue weighted by Crippen LogP contribution is 2.42. The minimum Gasteiger partial charge on any atom is -0.456 e. The van der Waals surface area contributed by atoms with Crippen LogP contribution in [0.15, 0.2) is 132 Å². The van der Waals surface area contributed by atoms with Crippen molar-refractivity contribution in [3.05, 3.63) is 127 Å². The van der Waals surface area contributed by atoms with Gasteiger partial charge in [0.1, 0.15) is 11.2 Å². The zero-order chi connectivity index (χ0) is 25.5. The highest BCUT2D eigenvalue weighted by molar-refractivity contribution is 7.26. The number of aromatic nitrogens is 1. The first-order valence-electron chi connectivity index (χ1n) is 13.2. The van der Waals surface area contributed by atoms with Crippen LogP contribution in [-0.4, -0.2) is 4.57 Å². The molecule has 0 atom stereocenters. The molecule has 0 N–H and O–H groups in total. The van der Waals surface area contributed by atoms with Crippen LogP contribution in [0.1, 0.15) is 0 Å². The van der Waals surface area contributed by atoms with Crippen LogP contribution < -0.4 is 0 Å². The summed E-state index contributed by atoms with van der Waals surface area (Å²) in [7, 11) is 0. The molecule has 182 valence electrons. The van der Waals surface area contributed by atoms with Crippen molar-refractivity contribution in [2.75, 3.05) is 0 Å². The highest BCUT2D eigenvalue weighted by atomic mass is 32.1. The molecule has 9 aromatic rings. The Morgan fingerprint density at radius 2 is 1.23 bits per heavy atom. The van der Waals surface area contributed by atoms with E-state index >= 15 is 0 Å². The van der Waals surface area contributed by atoms with Gasteiger partial charge >= 0.3 is 0 Å². The third-order valence-corrected chi connectivity index (χ3v) is 9.23. The van der Waals surface area contributed by atoms with Crippen molar-refractivity contribution < 1.29 is 4.42 Å². The van der Waals surface area contributed by atoms with Gasteiger partial charge in [-0.2, -0.15) is 0 Å². The summed E-state index contributed by atoms with van der Waals surface area (Å²) in [4.78, 5) is 0. The van der Waals surface area contributed by atoms with E-state index in [9.17, 15) is 0 Å². The monoisotopic (exact) mass is 515 g/mol. The van der Waals surface area contributed by atoms with E-state index < -0.39 is 0 Å². The van der Waals surface area contributed by atoms with Gasteiger partial charge in [0.25, 0.3) is 0 Å². The minimum absolute atomic E-state index is 0.910. The number of furan rings is 1. The molecule has 0 saturated heterocycles. The van der Waals surface area contributed by atoms with E-state index in [4.69, 9.17) is 4.42 Å². The number of nitrogens with zero attached hydrogens (tertiary/aromatic N) is 1. The Balaban J connectivity index is 1.30. The molecule has 0 aliphatic carbocycles. The van der Waals surface area contributed by atoms with Gasteiger partial charge in [0, 0.05) is 53.5 Å². The van der Waals surface area contributed by atoms with Crippen molar-refractivity contribution >= 4 is 75.3 Å². The lowest BCUT2D eigenvalue weighted by molar-refractivity contribution is 0.668. The molecule has 0 saturated carbocycles. The molecule has 0 fully saturated rings. The van der Waals surface area contributed by atoms with Gasteiger partial charge in [-0.15, -0.1) is 11.3 Å². The molecule has 0 bridgehead atoms. The van der Waals surface area contributed by atoms with E-state index in [1.807, 2.05) is 23.5 Å². The van der Waals surface area contributed by atoms with Crippen molar-refractivity contribution in [2.45, 2.75) is 0 Å². The van der Waals surface area contributed by atoms with Gasteiger partial charge in [0.2, 0.25) is 0 Å². The first kappa shape index (κ1) is 21.1. The average Bonchev–Trinajstić information content (AvgIpc) is 3.66. The van der Waals surface area contributed by atoms with E-state index in [2.05, 4.69) is 120 Å². The smallest absolute Gasteiger partial charge is 0.137 e. The summed E-state index contributed by atoms with van der Waals surface area (Å²) >= 11 is 1.88. The predicted molar refractivity (Wildman–Crippen MR) is 166 cm³/mol. The molecule has 0 amide bonds. The lowest BCUT2D eigenvalue weighted by atomic mass is 10.0. The second-order valence-corrected chi connectivity index (χ2v) is 11.2. The third kappa shape index (κ3) is 2.96. The van der Waals surface area contributed by atoms with Gasteiger partial charge in [-0.05, 0) is 53.6 Å². The van der Waals surface area contributed by atoms with Crippen molar-refractivity contribution in [3.8, 4) is 16.8 Å². The van der Waals surface area contributed by atoms with Gasteiger partial charge in [-0.25, -0.2) is 0 Å². The van der Waals surface area contributed by atoms with E-state index in [0.717, 1.165) is 27.6 Å². The predicted octanol–water partition coefficient (Wildman–Crippen LogP) is 10.7. The van der Waals surface area contributed by atoms with Crippen LogP contribution in [0.5, 0.6) is 0 Å². The molecular formula is C36H21NOS. The molecule has 9 rings (SSSR count). The van der Waals surface area contributed by atoms with Crippen LogP contribution >= 0.6 is 11.3 Å². The van der Waals surface area contributed by atoms with Gasteiger partial charge in [0.05, 0.1) is 11.0 Å². The molecular weight excluding hydrogens is 494 g/mol. The molecule has 6 aromatic carbocycles. The topological polar surface area (TPSA) is 18.1 Å². The van der Waals surface area contributed by atoms with Gasteiger partial charge in [-0.1, -0.05) is 78.9 Å². The molecule has 2 nitrogen and oxygen atoms in total. The normalized spacial score (nSPS) is 12.1. The maximum Gasteiger partial charge on any atom is 0.137 e. The number of hydrogen-bond acceptors (Lipinski definition) is 2. The maximum atomic E-state index is 6.25. The average molecular weight is 516 g/mol. The van der Waals surface area contributed by atoms with E-state index in [-0.39, 0.29) is 0 Å². The highest BCUT2D eigenvalue weighted by Gasteiger charge is 2.16. The fourth-order valence-electron chi connectivity index (χ4n) is 6.25. The van der Waals surface area contributed by atoms with Crippen molar-refractivity contribution in [2.24, 2.45) is 0 Å². The van der Waals surface area contributed by atoms with Gasteiger partial charge in [-0.3, -0.25) is 0 Å². The summed E-state index contributed by atoms with van der Waals surface area (Å²) in [6.07, 6.45) is 0. The quantitative estimate of drug-likeness (QED) is 0.224. The Bertz CT molecular complexity index is 2400. The van der Waals surface area contributed by atoms with Crippen LogP contribution in [0.4, 0.5) is 0 Å². The molecule has 3 aromatic heterocycles. The van der Waals surface area contributed by atoms with Gasteiger partial charge in [0.15, 0.2) is 0 Å². The Morgan fingerprint density at radius 3 is 2.18 bits per heavy atom. The Morgan fingerprint density at radius 1 is 0.487 bits per heavy atom. The summed E-state index contributed by atoms with van der Waals surface area (Å²) in [5.41, 5.74) is 7.86. The second-order valence-electron chi connectivity index (χ2n) is 10.1. The lowest BCUT2D eigenvalue weighted by Crippen LogP contribution is -1.93. The number of hydrogen-bond donors (Lipinski definition) is 0. The molecule has 3 heteroatoms. The molecule has 0 radical (unpaired) electrons. The zero-order valence-corrected chi connectivity index (χ0v) is 21.7. The molecule has 39 heavy (non-hydrogen) atoms. The Hall–Kier alpha value is -4.86. The van der Waals surface area contributed by atoms with E-state index in [0.29, 0.717) is 0 Å². The van der Waals surface area contributed by atoms with Crippen LogP contribution in [0.25, 0.3) is 80.7 Å². The first-order chi connectivity index (χ1) is 19.3. The summed E-state index contributed by atoms with van der Waals surface area (Å²) in [6.45, 7) is 0. The number of para-hydroxylation sites is 2.